The van der Waals surface area contributed by atoms with Crippen LogP contribution >= 0.6 is 0 Å². The number of nitrogens with zero attached hydrogens (tertiary/aromatic N) is 2. The molecule has 428 valence electrons. The summed E-state index contributed by atoms with van der Waals surface area (Å²) < 4.78 is 1.56. The summed E-state index contributed by atoms with van der Waals surface area (Å²) >= 11 is 1.06. The Morgan fingerprint density at radius 2 is 0.568 bits per heavy atom. The predicted octanol–water partition coefficient (Wildman–Crippen LogP) is 25.1. The fourth-order valence-electron chi connectivity index (χ4n) is 10.9. The SMILES string of the molecule is CCCCCCCCCCCCCC[CH2][Pd][CH2]CCCCCCCCCCCCCC.CCCCCCc1cc(CCCCCC)cc(C2=CC(CCCCC)=C(c3cc(CCCC)cc(CCCC)c3)[N+]2=[N-])c1. The summed E-state index contributed by atoms with van der Waals surface area (Å²) in [7, 11) is 0. The van der Waals surface area contributed by atoms with Gasteiger partial charge in [0.1, 0.15) is 0 Å². The molecule has 0 spiro atoms. The van der Waals surface area contributed by atoms with Crippen LogP contribution in [0.5, 0.6) is 0 Å². The number of allylic oxidation sites excluding steroid dienone is 2. The van der Waals surface area contributed by atoms with Crippen molar-refractivity contribution in [1.82, 2.24) is 0 Å². The van der Waals surface area contributed by atoms with E-state index < -0.39 is 0 Å². The van der Waals surface area contributed by atoms with Crippen molar-refractivity contribution in [2.45, 2.75) is 354 Å². The van der Waals surface area contributed by atoms with Crippen molar-refractivity contribution in [3.8, 4) is 0 Å². The molecule has 1 aliphatic heterocycles. The summed E-state index contributed by atoms with van der Waals surface area (Å²) in [6, 6.07) is 14.3. The monoisotopic (exact) mass is 1110 g/mol. The second kappa shape index (κ2) is 49.5. The number of rotatable bonds is 50. The summed E-state index contributed by atoms with van der Waals surface area (Å²) in [5.41, 5.74) is 23.3. The molecule has 1 heterocycles. The Hall–Kier alpha value is -1.82. The van der Waals surface area contributed by atoms with Gasteiger partial charge in [0.25, 0.3) is 0 Å². The third kappa shape index (κ3) is 34.1. The Kier molecular flexibility index (Phi) is 45.7. The van der Waals surface area contributed by atoms with Gasteiger partial charge in [-0.15, -0.1) is 0 Å². The van der Waals surface area contributed by atoms with Crippen molar-refractivity contribution in [1.29, 1.82) is 0 Å². The number of hydrogen-bond acceptors (Lipinski definition) is 0. The Bertz CT molecular complexity index is 1600. The van der Waals surface area contributed by atoms with Crippen LogP contribution in [0.4, 0.5) is 0 Å². The Morgan fingerprint density at radius 3 is 0.919 bits per heavy atom. The average molecular weight is 1110 g/mol. The van der Waals surface area contributed by atoms with E-state index in [9.17, 15) is 5.53 Å². The molecule has 2 aromatic carbocycles. The normalized spacial score (nSPS) is 12.6. The van der Waals surface area contributed by atoms with Gasteiger partial charge in [-0.2, -0.15) is 0 Å². The molecule has 0 aliphatic carbocycles. The van der Waals surface area contributed by atoms with Crippen molar-refractivity contribution in [3.05, 3.63) is 87.0 Å². The quantitative estimate of drug-likeness (QED) is 0.0358. The molecule has 0 atom stereocenters. The van der Waals surface area contributed by atoms with Crippen molar-refractivity contribution >= 4 is 11.4 Å². The van der Waals surface area contributed by atoms with Gasteiger partial charge in [0.05, 0.1) is 0 Å². The van der Waals surface area contributed by atoms with Crippen LogP contribution in [0.1, 0.15) is 352 Å². The zero-order valence-corrected chi connectivity index (χ0v) is 52.2. The molecule has 74 heavy (non-hydrogen) atoms. The van der Waals surface area contributed by atoms with Gasteiger partial charge >= 0.3 is 169 Å². The van der Waals surface area contributed by atoms with E-state index in [-0.39, 0.29) is 0 Å². The van der Waals surface area contributed by atoms with E-state index in [1.165, 1.54) is 296 Å². The van der Waals surface area contributed by atoms with E-state index in [1.807, 2.05) is 0 Å². The standard InChI is InChI=1S/C41H62N2.2C15H31.Pd/c1-6-11-16-19-23-35-27-36(24-20-17-12-7-2)29-38(28-35)40-32-37(25-18-13-8-3)41(43(40)42)39-30-33(21-14-9-4)26-34(31-39)22-15-10-5;2*1-3-5-7-9-11-13-15-14-12-10-8-6-4-2;/h26-32H,6-25H2,1-5H3;2*1,3-15H2,2H3;. The molecule has 0 bridgehead atoms. The van der Waals surface area contributed by atoms with Gasteiger partial charge in [-0.05, 0) is 111 Å². The summed E-state index contributed by atoms with van der Waals surface area (Å²) in [4.78, 5) is 3.09. The fraction of sp³-hybridized carbons (Fsp3) is 0.775. The molecular formula is C71H124N2Pd. The third-order valence-corrected chi connectivity index (χ3v) is 17.9. The van der Waals surface area contributed by atoms with Gasteiger partial charge in [0.15, 0.2) is 0 Å². The van der Waals surface area contributed by atoms with Crippen molar-refractivity contribution < 1.29 is 22.7 Å². The van der Waals surface area contributed by atoms with Gasteiger partial charge in [-0.1, -0.05) is 150 Å². The van der Waals surface area contributed by atoms with E-state index in [4.69, 9.17) is 0 Å². The minimum Gasteiger partial charge on any atom is -0.493 e. The molecule has 0 saturated carbocycles. The van der Waals surface area contributed by atoms with Gasteiger partial charge in [-0.3, -0.25) is 0 Å². The molecule has 3 heteroatoms. The first-order valence-corrected chi connectivity index (χ1v) is 35.3. The van der Waals surface area contributed by atoms with E-state index in [1.54, 1.807) is 14.5 Å². The van der Waals surface area contributed by atoms with Crippen LogP contribution in [0.15, 0.2) is 48.0 Å². The zero-order valence-electron chi connectivity index (χ0n) is 50.7. The summed E-state index contributed by atoms with van der Waals surface area (Å²) in [6.45, 7) is 16.0. The van der Waals surface area contributed by atoms with Crippen LogP contribution in [0, 0.1) is 0 Å². The number of unbranched alkanes of at least 4 members (excludes halogenated alkanes) is 34. The maximum absolute atomic E-state index is 12.0. The van der Waals surface area contributed by atoms with E-state index in [2.05, 4.69) is 90.9 Å². The first kappa shape index (κ1) is 68.3. The number of aryl methyl sites for hydroxylation is 4. The molecule has 0 fully saturated rings. The minimum absolute atomic E-state index is 0.959. The van der Waals surface area contributed by atoms with Crippen LogP contribution in [0.3, 0.4) is 0 Å². The van der Waals surface area contributed by atoms with Gasteiger partial charge < -0.3 is 5.53 Å². The summed E-state index contributed by atoms with van der Waals surface area (Å²) in [6.07, 6.45) is 64.9. The van der Waals surface area contributed by atoms with Crippen LogP contribution in [-0.2, 0) is 43.7 Å². The molecule has 0 amide bonds. The summed E-state index contributed by atoms with van der Waals surface area (Å²) in [5.74, 6) is 0. The van der Waals surface area contributed by atoms with Gasteiger partial charge in [0.2, 0.25) is 11.4 Å². The molecule has 0 N–H and O–H groups in total. The summed E-state index contributed by atoms with van der Waals surface area (Å²) in [5, 5.41) is 0. The second-order valence-corrected chi connectivity index (χ2v) is 25.4. The van der Waals surface area contributed by atoms with Crippen molar-refractivity contribution in [2.24, 2.45) is 0 Å². The molecule has 0 aromatic heterocycles. The van der Waals surface area contributed by atoms with Gasteiger partial charge in [0, 0.05) is 22.8 Å². The average Bonchev–Trinajstić information content (AvgIpc) is 3.75. The molecule has 0 saturated heterocycles. The van der Waals surface area contributed by atoms with E-state index in [0.29, 0.717) is 0 Å². The van der Waals surface area contributed by atoms with Gasteiger partial charge in [-0.25, -0.2) is 4.70 Å². The minimum atomic E-state index is 0.959. The fourth-order valence-corrected chi connectivity index (χ4v) is 12.9. The first-order valence-electron chi connectivity index (χ1n) is 33.1. The van der Waals surface area contributed by atoms with E-state index in [0.717, 1.165) is 67.9 Å². The molecule has 1 aliphatic rings. The second-order valence-electron chi connectivity index (χ2n) is 23.0. The maximum atomic E-state index is 12.0. The van der Waals surface area contributed by atoms with Crippen LogP contribution in [0.2, 0.25) is 9.79 Å². The third-order valence-electron chi connectivity index (χ3n) is 15.7. The molecule has 3 rings (SSSR count). The molecule has 2 aromatic rings. The molecule has 2 nitrogen and oxygen atoms in total. The Balaban J connectivity index is 0.000000537. The van der Waals surface area contributed by atoms with Crippen molar-refractivity contribution in [3.63, 3.8) is 0 Å². The number of benzene rings is 2. The van der Waals surface area contributed by atoms with Crippen LogP contribution < -0.4 is 0 Å². The Labute approximate surface area is 471 Å². The predicted molar refractivity (Wildman–Crippen MR) is 329 cm³/mol. The Morgan fingerprint density at radius 1 is 0.297 bits per heavy atom. The van der Waals surface area contributed by atoms with Crippen LogP contribution in [-0.4, -0.2) is 4.70 Å². The molecule has 0 unspecified atom stereocenters. The zero-order chi connectivity index (χ0) is 53.4. The molecular weight excluding hydrogens is 987 g/mol. The number of hydrogen-bond donors (Lipinski definition) is 0. The van der Waals surface area contributed by atoms with Crippen molar-refractivity contribution in [2.75, 3.05) is 0 Å². The first-order chi connectivity index (χ1) is 36.5. The van der Waals surface area contributed by atoms with E-state index >= 15 is 0 Å². The van der Waals surface area contributed by atoms with Crippen LogP contribution in [0.25, 0.3) is 16.9 Å². The smallest absolute Gasteiger partial charge is 0.493 e. The topological polar surface area (TPSA) is 25.3 Å². The molecule has 0 radical (unpaired) electrons.